The molecule has 17 heavy (non-hydrogen) atoms. The highest BCUT2D eigenvalue weighted by Crippen LogP contribution is 2.14. The molecular weight excluding hydrogens is 347 g/mol. The quantitative estimate of drug-likeness (QED) is 0.474. The van der Waals surface area contributed by atoms with Crippen molar-refractivity contribution in [1.82, 2.24) is 0 Å². The fourth-order valence-corrected chi connectivity index (χ4v) is 2.43. The predicted molar refractivity (Wildman–Crippen MR) is 76.8 cm³/mol. The van der Waals surface area contributed by atoms with Gasteiger partial charge in [0.2, 0.25) is 0 Å². The molecule has 0 aliphatic carbocycles. The van der Waals surface area contributed by atoms with Crippen molar-refractivity contribution in [2.24, 2.45) is 0 Å². The van der Waals surface area contributed by atoms with E-state index in [0.29, 0.717) is 10.4 Å². The molecule has 0 unspecified atom stereocenters. The van der Waals surface area contributed by atoms with E-state index >= 15 is 0 Å². The van der Waals surface area contributed by atoms with E-state index in [2.05, 4.69) is 22.6 Å². The van der Waals surface area contributed by atoms with E-state index in [1.807, 2.05) is 23.6 Å². The summed E-state index contributed by atoms with van der Waals surface area (Å²) in [6.45, 7) is 0. The van der Waals surface area contributed by atoms with Crippen molar-refractivity contribution in [1.29, 1.82) is 0 Å². The molecule has 0 atom stereocenters. The van der Waals surface area contributed by atoms with Gasteiger partial charge < -0.3 is 0 Å². The zero-order valence-corrected chi connectivity index (χ0v) is 11.8. The molecule has 4 heteroatoms. The zero-order chi connectivity index (χ0) is 12.3. The van der Waals surface area contributed by atoms with E-state index in [4.69, 9.17) is 0 Å². The van der Waals surface area contributed by atoms with E-state index in [1.54, 1.807) is 18.2 Å². The second-order valence-electron chi connectivity index (χ2n) is 3.51. The molecule has 0 radical (unpaired) electrons. The molecule has 0 bridgehead atoms. The normalized spacial score (nSPS) is 10.2. The molecule has 2 aromatic rings. The first kappa shape index (κ1) is 12.4. The Labute approximate surface area is 117 Å². The van der Waals surface area contributed by atoms with Gasteiger partial charge in [-0.3, -0.25) is 9.59 Å². The molecule has 1 aromatic heterocycles. The lowest BCUT2D eigenvalue weighted by molar-refractivity contribution is 0.0896. The summed E-state index contributed by atoms with van der Waals surface area (Å²) >= 11 is 3.54. The van der Waals surface area contributed by atoms with Gasteiger partial charge in [-0.1, -0.05) is 18.2 Å². The number of Topliss-reactive ketones (excluding diaryl/α,β-unsaturated/α-hetero) is 2. The van der Waals surface area contributed by atoms with Crippen LogP contribution in [0.15, 0.2) is 41.8 Å². The number of carbonyl (C=O) groups excluding carboxylic acids is 2. The summed E-state index contributed by atoms with van der Waals surface area (Å²) in [7, 11) is 0. The van der Waals surface area contributed by atoms with Crippen LogP contribution in [0.2, 0.25) is 0 Å². The number of ketones is 2. The van der Waals surface area contributed by atoms with E-state index in [9.17, 15) is 9.59 Å². The topological polar surface area (TPSA) is 34.1 Å². The Kier molecular flexibility index (Phi) is 4.06. The van der Waals surface area contributed by atoms with Crippen molar-refractivity contribution in [2.45, 2.75) is 6.42 Å². The van der Waals surface area contributed by atoms with Gasteiger partial charge in [-0.25, -0.2) is 0 Å². The Morgan fingerprint density at radius 2 is 1.76 bits per heavy atom. The molecule has 86 valence electrons. The fourth-order valence-electron chi connectivity index (χ4n) is 1.41. The lowest BCUT2D eigenvalue weighted by atomic mass is 10.1. The molecule has 1 heterocycles. The van der Waals surface area contributed by atoms with Crippen LogP contribution in [0.4, 0.5) is 0 Å². The van der Waals surface area contributed by atoms with Crippen LogP contribution >= 0.6 is 33.9 Å². The molecule has 0 saturated heterocycles. The Balaban J connectivity index is 2.07. The smallest absolute Gasteiger partial charge is 0.180 e. The van der Waals surface area contributed by atoms with Gasteiger partial charge in [0, 0.05) is 9.13 Å². The minimum absolute atomic E-state index is 0.0545. The zero-order valence-electron chi connectivity index (χ0n) is 8.85. The Morgan fingerprint density at radius 1 is 1.06 bits per heavy atom. The van der Waals surface area contributed by atoms with Crippen LogP contribution in [-0.2, 0) is 0 Å². The van der Waals surface area contributed by atoms with Crippen LogP contribution in [0, 0.1) is 3.57 Å². The third-order valence-corrected chi connectivity index (χ3v) is 3.91. The third kappa shape index (κ3) is 3.23. The molecule has 0 saturated carbocycles. The number of thiophene rings is 1. The Bertz CT molecular complexity index is 529. The first-order valence-corrected chi connectivity index (χ1v) is 6.98. The average molecular weight is 356 g/mol. The van der Waals surface area contributed by atoms with Crippen molar-refractivity contribution in [2.75, 3.05) is 0 Å². The molecular formula is C13H9IO2S. The van der Waals surface area contributed by atoms with Gasteiger partial charge in [-0.2, -0.15) is 0 Å². The van der Waals surface area contributed by atoms with E-state index in [1.165, 1.54) is 11.3 Å². The van der Waals surface area contributed by atoms with Crippen molar-refractivity contribution in [3.63, 3.8) is 0 Å². The summed E-state index contributed by atoms with van der Waals surface area (Å²) < 4.78 is 1.07. The predicted octanol–water partition coefficient (Wildman–Crippen LogP) is 3.81. The minimum Gasteiger partial charge on any atom is -0.294 e. The lowest BCUT2D eigenvalue weighted by Gasteiger charge is -1.99. The maximum absolute atomic E-state index is 11.8. The van der Waals surface area contributed by atoms with Gasteiger partial charge in [0.25, 0.3) is 0 Å². The maximum Gasteiger partial charge on any atom is 0.180 e. The standard InChI is InChI=1S/C13H9IO2S/c14-10-5-3-9(4-6-10)11(15)8-12(16)13-2-1-7-17-13/h1-7H,8H2. The van der Waals surface area contributed by atoms with Gasteiger partial charge in [0.05, 0.1) is 11.3 Å². The number of carbonyl (C=O) groups is 2. The van der Waals surface area contributed by atoms with Crippen LogP contribution < -0.4 is 0 Å². The highest BCUT2D eigenvalue weighted by molar-refractivity contribution is 14.1. The van der Waals surface area contributed by atoms with E-state index in [0.717, 1.165) is 3.57 Å². The lowest BCUT2D eigenvalue weighted by Crippen LogP contribution is -2.07. The number of hydrogen-bond donors (Lipinski definition) is 0. The largest absolute Gasteiger partial charge is 0.294 e. The molecule has 2 rings (SSSR count). The fraction of sp³-hybridized carbons (Fsp3) is 0.0769. The second kappa shape index (κ2) is 5.55. The molecule has 0 aliphatic rings. The van der Waals surface area contributed by atoms with Gasteiger partial charge in [-0.05, 0) is 46.2 Å². The molecule has 2 nitrogen and oxygen atoms in total. The average Bonchev–Trinajstić information content (AvgIpc) is 2.83. The Morgan fingerprint density at radius 3 is 2.35 bits per heavy atom. The Hall–Kier alpha value is -1.01. The molecule has 1 aromatic carbocycles. The van der Waals surface area contributed by atoms with Crippen molar-refractivity contribution < 1.29 is 9.59 Å². The van der Waals surface area contributed by atoms with E-state index < -0.39 is 0 Å². The summed E-state index contributed by atoms with van der Waals surface area (Å²) in [5.74, 6) is -0.233. The number of benzene rings is 1. The second-order valence-corrected chi connectivity index (χ2v) is 5.70. The van der Waals surface area contributed by atoms with E-state index in [-0.39, 0.29) is 18.0 Å². The van der Waals surface area contributed by atoms with Crippen LogP contribution in [0.25, 0.3) is 0 Å². The SMILES string of the molecule is O=C(CC(=O)c1cccs1)c1ccc(I)cc1. The van der Waals surface area contributed by atoms with Crippen LogP contribution in [0.1, 0.15) is 26.5 Å². The van der Waals surface area contributed by atoms with Crippen molar-refractivity contribution in [3.05, 3.63) is 55.8 Å². The summed E-state index contributed by atoms with van der Waals surface area (Å²) in [5, 5.41) is 1.84. The monoisotopic (exact) mass is 356 g/mol. The summed E-state index contributed by atoms with van der Waals surface area (Å²) in [6.07, 6.45) is -0.0545. The highest BCUT2D eigenvalue weighted by Gasteiger charge is 2.14. The van der Waals surface area contributed by atoms with Crippen molar-refractivity contribution >= 4 is 45.5 Å². The third-order valence-electron chi connectivity index (χ3n) is 2.28. The number of hydrogen-bond acceptors (Lipinski definition) is 3. The summed E-state index contributed by atoms with van der Waals surface area (Å²) in [6, 6.07) is 10.8. The maximum atomic E-state index is 11.8. The van der Waals surface area contributed by atoms with Gasteiger partial charge in [0.1, 0.15) is 0 Å². The first-order valence-electron chi connectivity index (χ1n) is 5.02. The molecule has 0 aliphatic heterocycles. The first-order chi connectivity index (χ1) is 8.16. The van der Waals surface area contributed by atoms with Crippen LogP contribution in [0.5, 0.6) is 0 Å². The van der Waals surface area contributed by atoms with Gasteiger partial charge in [0.15, 0.2) is 11.6 Å². The summed E-state index contributed by atoms with van der Waals surface area (Å²) in [4.78, 5) is 24.2. The molecule has 0 spiro atoms. The van der Waals surface area contributed by atoms with Gasteiger partial charge >= 0.3 is 0 Å². The molecule has 0 amide bonds. The minimum atomic E-state index is -0.125. The highest BCUT2D eigenvalue weighted by atomic mass is 127. The van der Waals surface area contributed by atoms with Gasteiger partial charge in [-0.15, -0.1) is 11.3 Å². The molecule has 0 fully saturated rings. The number of halogens is 1. The van der Waals surface area contributed by atoms with Crippen LogP contribution in [0.3, 0.4) is 0 Å². The summed E-state index contributed by atoms with van der Waals surface area (Å²) in [5.41, 5.74) is 0.593. The van der Waals surface area contributed by atoms with Crippen molar-refractivity contribution in [3.8, 4) is 0 Å². The number of rotatable bonds is 4. The molecule has 0 N–H and O–H groups in total. The van der Waals surface area contributed by atoms with Crippen LogP contribution in [-0.4, -0.2) is 11.6 Å².